The summed E-state index contributed by atoms with van der Waals surface area (Å²) in [5.41, 5.74) is -0.545. The van der Waals surface area contributed by atoms with Crippen LogP contribution in [0.15, 0.2) is 28.7 Å². The predicted octanol–water partition coefficient (Wildman–Crippen LogP) is 2.66. The molecule has 1 aromatic rings. The van der Waals surface area contributed by atoms with Crippen LogP contribution in [-0.2, 0) is 14.3 Å². The summed E-state index contributed by atoms with van der Waals surface area (Å²) in [5, 5.41) is 11.7. The lowest BCUT2D eigenvalue weighted by Crippen LogP contribution is -2.42. The van der Waals surface area contributed by atoms with Gasteiger partial charge in [0.25, 0.3) is 0 Å². The van der Waals surface area contributed by atoms with E-state index in [0.717, 1.165) is 4.47 Å². The van der Waals surface area contributed by atoms with Crippen LogP contribution in [0.1, 0.15) is 22.1 Å². The molecule has 6 heteroatoms. The topological polar surface area (TPSA) is 75.6 Å². The van der Waals surface area contributed by atoms with E-state index in [1.807, 2.05) is 0 Å². The summed E-state index contributed by atoms with van der Waals surface area (Å²) in [5.74, 6) is -2.26. The largest absolute Gasteiger partial charge is 0.479 e. The summed E-state index contributed by atoms with van der Waals surface area (Å²) in [4.78, 5) is 23.1. The monoisotopic (exact) mass is 330 g/mol. The number of anilines is 1. The van der Waals surface area contributed by atoms with Gasteiger partial charge in [0.2, 0.25) is 6.04 Å². The molecule has 0 spiro atoms. The fourth-order valence-electron chi connectivity index (χ4n) is 1.30. The van der Waals surface area contributed by atoms with Crippen LogP contribution in [-0.4, -0.2) is 28.7 Å². The summed E-state index contributed by atoms with van der Waals surface area (Å²) in [6, 6.07) is 5.27. The number of carboxylic acid groups (broad SMARTS) is 1. The molecule has 0 amide bonds. The molecule has 19 heavy (non-hydrogen) atoms. The molecule has 0 aliphatic heterocycles. The van der Waals surface area contributed by atoms with Crippen LogP contribution >= 0.6 is 15.9 Å². The molecule has 0 radical (unpaired) electrons. The number of nitrogens with one attached hydrogen (secondary N) is 1. The van der Waals surface area contributed by atoms with Crippen molar-refractivity contribution < 1.29 is 20.8 Å². The Morgan fingerprint density at radius 1 is 1.53 bits per heavy atom. The number of aliphatic carboxylic acids is 1. The molecule has 0 saturated heterocycles. The number of carbonyl (C=O) groups excluding carboxylic acids is 1. The first-order valence-electron chi connectivity index (χ1n) is 6.23. The van der Waals surface area contributed by atoms with Crippen LogP contribution in [0.2, 0.25) is 0 Å². The lowest BCUT2D eigenvalue weighted by molar-refractivity contribution is -0.160. The van der Waals surface area contributed by atoms with E-state index in [4.69, 9.17) is 11.2 Å². The van der Waals surface area contributed by atoms with E-state index in [1.54, 1.807) is 38.1 Å². The first kappa shape index (κ1) is 13.9. The van der Waals surface area contributed by atoms with Crippen molar-refractivity contribution in [1.82, 2.24) is 0 Å². The molecule has 1 rings (SSSR count). The zero-order chi connectivity index (χ0) is 15.3. The molecule has 0 aromatic heterocycles. The van der Waals surface area contributed by atoms with Gasteiger partial charge in [-0.05, 0) is 38.9 Å². The van der Waals surface area contributed by atoms with Crippen LogP contribution in [0.5, 0.6) is 0 Å². The molecule has 0 aliphatic rings. The molecule has 1 atom stereocenters. The fraction of sp³-hybridized carbons (Fsp3) is 0.385. The van der Waals surface area contributed by atoms with Crippen molar-refractivity contribution in [3.63, 3.8) is 0 Å². The molecule has 5 nitrogen and oxygen atoms in total. The minimum atomic E-state index is -1.52. The number of carbonyl (C=O) groups is 2. The van der Waals surface area contributed by atoms with Crippen molar-refractivity contribution in [2.45, 2.75) is 32.4 Å². The van der Waals surface area contributed by atoms with E-state index in [1.165, 1.54) is 0 Å². The van der Waals surface area contributed by atoms with Crippen LogP contribution in [0.4, 0.5) is 5.69 Å². The van der Waals surface area contributed by atoms with Gasteiger partial charge in [-0.15, -0.1) is 0 Å². The number of benzene rings is 1. The molecule has 0 saturated carbocycles. The second-order valence-corrected chi connectivity index (χ2v) is 5.52. The van der Waals surface area contributed by atoms with Crippen molar-refractivity contribution in [1.29, 1.82) is 0 Å². The van der Waals surface area contributed by atoms with Gasteiger partial charge < -0.3 is 15.2 Å². The Morgan fingerprint density at radius 3 is 2.74 bits per heavy atom. The maximum absolute atomic E-state index is 11.9. The van der Waals surface area contributed by atoms with Crippen molar-refractivity contribution in [2.75, 3.05) is 5.32 Å². The quantitative estimate of drug-likeness (QED) is 0.655. The van der Waals surface area contributed by atoms with Gasteiger partial charge in [-0.2, -0.15) is 0 Å². The minimum absolute atomic E-state index is 0.151. The van der Waals surface area contributed by atoms with E-state index in [2.05, 4.69) is 21.2 Å². The lowest BCUT2D eigenvalue weighted by Gasteiger charge is -2.23. The standard InChI is InChI=1S/C13H16BrNO4/c1-13(2,3)19-12(18)10(11(16)17)15-9-6-4-5-8(14)7-9/h4-7,10,15H,1-3H3,(H,16,17)/i1D. The van der Waals surface area contributed by atoms with Crippen molar-refractivity contribution in [3.05, 3.63) is 28.7 Å². The molecular formula is C13H16BrNO4. The third-order valence-corrected chi connectivity index (χ3v) is 2.49. The summed E-state index contributed by atoms with van der Waals surface area (Å²) in [7, 11) is 0. The molecule has 1 unspecified atom stereocenters. The second-order valence-electron chi connectivity index (χ2n) is 4.61. The predicted molar refractivity (Wildman–Crippen MR) is 75.0 cm³/mol. The summed E-state index contributed by atoms with van der Waals surface area (Å²) < 4.78 is 13.0. The molecular weight excluding hydrogens is 314 g/mol. The lowest BCUT2D eigenvalue weighted by atomic mass is 10.2. The molecule has 0 aliphatic carbocycles. The van der Waals surface area contributed by atoms with Gasteiger partial charge in [-0.1, -0.05) is 22.0 Å². The average Bonchev–Trinajstić information content (AvgIpc) is 2.35. The van der Waals surface area contributed by atoms with E-state index in [9.17, 15) is 9.59 Å². The highest BCUT2D eigenvalue weighted by molar-refractivity contribution is 9.10. The molecule has 0 bridgehead atoms. The molecule has 2 N–H and O–H groups in total. The maximum Gasteiger partial charge on any atom is 0.340 e. The van der Waals surface area contributed by atoms with Gasteiger partial charge in [-0.3, -0.25) is 0 Å². The van der Waals surface area contributed by atoms with E-state index >= 15 is 0 Å². The SMILES string of the molecule is [2H]CC(C)(C)OC(=O)C(Nc1cccc(Br)c1)C(=O)O. The van der Waals surface area contributed by atoms with Gasteiger partial charge in [0.05, 0.1) is 0 Å². The Kier molecular flexibility index (Phi) is 4.42. The van der Waals surface area contributed by atoms with E-state index in [-0.39, 0.29) is 6.90 Å². The Hall–Kier alpha value is -1.56. The van der Waals surface area contributed by atoms with Crippen LogP contribution < -0.4 is 5.32 Å². The normalized spacial score (nSPS) is 13.3. The fourth-order valence-corrected chi connectivity index (χ4v) is 1.70. The van der Waals surface area contributed by atoms with Gasteiger partial charge in [-0.25, -0.2) is 9.59 Å². The number of carboxylic acids is 1. The highest BCUT2D eigenvalue weighted by Crippen LogP contribution is 2.17. The maximum atomic E-state index is 11.9. The van der Waals surface area contributed by atoms with Crippen molar-refractivity contribution >= 4 is 33.6 Å². The Labute approximate surface area is 121 Å². The van der Waals surface area contributed by atoms with Gasteiger partial charge in [0.1, 0.15) is 5.60 Å². The Morgan fingerprint density at radius 2 is 2.21 bits per heavy atom. The van der Waals surface area contributed by atoms with Gasteiger partial charge in [0, 0.05) is 11.5 Å². The molecule has 0 fully saturated rings. The second kappa shape index (κ2) is 6.06. The van der Waals surface area contributed by atoms with Crippen LogP contribution in [0, 0.1) is 0 Å². The third-order valence-electron chi connectivity index (χ3n) is 2.00. The zero-order valence-corrected chi connectivity index (χ0v) is 12.2. The number of hydrogen-bond donors (Lipinski definition) is 2. The number of hydrogen-bond acceptors (Lipinski definition) is 4. The van der Waals surface area contributed by atoms with Crippen LogP contribution in [0.25, 0.3) is 0 Å². The molecule has 104 valence electrons. The Balaban J connectivity index is 2.85. The number of esters is 1. The van der Waals surface area contributed by atoms with Crippen molar-refractivity contribution in [3.8, 4) is 0 Å². The van der Waals surface area contributed by atoms with Crippen molar-refractivity contribution in [2.24, 2.45) is 0 Å². The van der Waals surface area contributed by atoms with E-state index < -0.39 is 23.6 Å². The zero-order valence-electron chi connectivity index (χ0n) is 11.6. The number of halogens is 1. The number of ether oxygens (including phenoxy) is 1. The highest BCUT2D eigenvalue weighted by atomic mass is 79.9. The van der Waals surface area contributed by atoms with Gasteiger partial charge >= 0.3 is 11.9 Å². The van der Waals surface area contributed by atoms with Gasteiger partial charge in [0.15, 0.2) is 0 Å². The Bertz CT molecular complexity index is 507. The number of rotatable bonds is 4. The molecule has 0 heterocycles. The average molecular weight is 331 g/mol. The highest BCUT2D eigenvalue weighted by Gasteiger charge is 2.31. The summed E-state index contributed by atoms with van der Waals surface area (Å²) >= 11 is 3.26. The first-order valence-corrected chi connectivity index (χ1v) is 6.31. The molecule has 1 aromatic carbocycles. The summed E-state index contributed by atoms with van der Waals surface area (Å²) in [6.45, 7) is 2.95. The smallest absolute Gasteiger partial charge is 0.340 e. The minimum Gasteiger partial charge on any atom is -0.479 e. The first-order chi connectivity index (χ1) is 9.25. The van der Waals surface area contributed by atoms with E-state index in [0.29, 0.717) is 5.69 Å². The summed E-state index contributed by atoms with van der Waals surface area (Å²) in [6.07, 6.45) is 0. The van der Waals surface area contributed by atoms with Crippen LogP contribution in [0.3, 0.4) is 0 Å². The third kappa shape index (κ3) is 5.30.